The van der Waals surface area contributed by atoms with Gasteiger partial charge in [0.05, 0.1) is 23.4 Å². The summed E-state index contributed by atoms with van der Waals surface area (Å²) < 4.78 is 32.6. The number of ether oxygens (including phenoxy) is 1. The zero-order chi connectivity index (χ0) is 22.3. The van der Waals surface area contributed by atoms with Crippen LogP contribution in [0.4, 0.5) is 5.69 Å². The second kappa shape index (κ2) is 9.90. The van der Waals surface area contributed by atoms with E-state index in [0.717, 1.165) is 9.87 Å². The lowest BCUT2D eigenvalue weighted by Gasteiger charge is -2.23. The number of carbonyl (C=O) groups excluding carboxylic acids is 1. The molecule has 160 valence electrons. The first-order valence-electron chi connectivity index (χ1n) is 9.52. The number of nitrogens with zero attached hydrogens (tertiary/aromatic N) is 2. The van der Waals surface area contributed by atoms with Crippen molar-refractivity contribution in [3.05, 3.63) is 90.5 Å². The molecule has 0 heterocycles. The van der Waals surface area contributed by atoms with E-state index in [9.17, 15) is 13.2 Å². The highest BCUT2D eigenvalue weighted by Crippen LogP contribution is 2.23. The maximum absolute atomic E-state index is 13.2. The highest BCUT2D eigenvalue weighted by Gasteiger charge is 2.26. The third kappa shape index (κ3) is 5.49. The Hall–Kier alpha value is -3.65. The summed E-state index contributed by atoms with van der Waals surface area (Å²) in [4.78, 5) is 12.7. The first-order valence-corrected chi connectivity index (χ1v) is 11.0. The monoisotopic (exact) mass is 437 g/mol. The number of carbonyl (C=O) groups is 1. The number of nitrogens with one attached hydrogen (secondary N) is 1. The molecule has 8 heteroatoms. The lowest BCUT2D eigenvalue weighted by atomic mass is 10.1. The van der Waals surface area contributed by atoms with E-state index in [1.807, 2.05) is 12.1 Å². The second-order valence-corrected chi connectivity index (χ2v) is 8.48. The molecule has 0 aliphatic carbocycles. The molecule has 31 heavy (non-hydrogen) atoms. The standard InChI is InChI=1S/C23H23N3O4S/c1-18(19-13-15-21(30-2)16-14-19)24-25-23(27)17-26(20-9-5-3-6-10-20)31(28,29)22-11-7-4-8-12-22/h3-16H,17H2,1-2H3,(H,25,27)/b24-18-. The predicted molar refractivity (Wildman–Crippen MR) is 121 cm³/mol. The van der Waals surface area contributed by atoms with Crippen LogP contribution in [0.5, 0.6) is 5.75 Å². The molecule has 0 aliphatic rings. The highest BCUT2D eigenvalue weighted by atomic mass is 32.2. The largest absolute Gasteiger partial charge is 0.497 e. The normalized spacial score (nSPS) is 11.6. The molecule has 0 radical (unpaired) electrons. The van der Waals surface area contributed by atoms with E-state index in [1.54, 1.807) is 74.7 Å². The van der Waals surface area contributed by atoms with Crippen molar-refractivity contribution in [1.29, 1.82) is 0 Å². The average Bonchev–Trinajstić information content (AvgIpc) is 2.82. The summed E-state index contributed by atoms with van der Waals surface area (Å²) in [7, 11) is -2.36. The first kappa shape index (κ1) is 22.0. The predicted octanol–water partition coefficient (Wildman–Crippen LogP) is 3.43. The summed E-state index contributed by atoms with van der Waals surface area (Å²) in [5.41, 5.74) is 4.21. The summed E-state index contributed by atoms with van der Waals surface area (Å²) >= 11 is 0. The number of hydrazone groups is 1. The van der Waals surface area contributed by atoms with Gasteiger partial charge in [0.15, 0.2) is 0 Å². The number of rotatable bonds is 8. The topological polar surface area (TPSA) is 88.1 Å². The molecule has 0 fully saturated rings. The minimum atomic E-state index is -3.94. The van der Waals surface area contributed by atoms with Crippen molar-refractivity contribution in [2.75, 3.05) is 18.0 Å². The van der Waals surface area contributed by atoms with Gasteiger partial charge in [-0.2, -0.15) is 5.10 Å². The van der Waals surface area contributed by atoms with Crippen LogP contribution in [0.25, 0.3) is 0 Å². The molecule has 0 aliphatic heterocycles. The van der Waals surface area contributed by atoms with Gasteiger partial charge < -0.3 is 4.74 Å². The Labute approximate surface area is 182 Å². The third-order valence-corrected chi connectivity index (χ3v) is 6.31. The second-order valence-electron chi connectivity index (χ2n) is 6.62. The Morgan fingerprint density at radius 2 is 1.52 bits per heavy atom. The van der Waals surface area contributed by atoms with Crippen LogP contribution in [0.2, 0.25) is 0 Å². The summed E-state index contributed by atoms with van der Waals surface area (Å²) in [6.07, 6.45) is 0. The van der Waals surface area contributed by atoms with E-state index in [4.69, 9.17) is 4.74 Å². The van der Waals surface area contributed by atoms with Gasteiger partial charge in [0.25, 0.3) is 15.9 Å². The molecule has 0 spiro atoms. The molecule has 3 aromatic carbocycles. The van der Waals surface area contributed by atoms with Crippen molar-refractivity contribution in [3.63, 3.8) is 0 Å². The third-order valence-electron chi connectivity index (χ3n) is 4.52. The van der Waals surface area contributed by atoms with Crippen LogP contribution in [-0.4, -0.2) is 33.7 Å². The minimum Gasteiger partial charge on any atom is -0.497 e. The zero-order valence-corrected chi connectivity index (χ0v) is 18.0. The molecular weight excluding hydrogens is 414 g/mol. The fourth-order valence-electron chi connectivity index (χ4n) is 2.84. The SMILES string of the molecule is COc1ccc(/C(C)=N\NC(=O)CN(c2ccccc2)S(=O)(=O)c2ccccc2)cc1. The van der Waals surface area contributed by atoms with Gasteiger partial charge in [-0.15, -0.1) is 0 Å². The number of hydrogen-bond acceptors (Lipinski definition) is 5. The number of anilines is 1. The zero-order valence-electron chi connectivity index (χ0n) is 17.2. The Morgan fingerprint density at radius 3 is 2.10 bits per heavy atom. The van der Waals surface area contributed by atoms with Crippen LogP contribution in [0.1, 0.15) is 12.5 Å². The Bertz CT molecular complexity index is 1150. The molecule has 0 aromatic heterocycles. The Morgan fingerprint density at radius 1 is 0.935 bits per heavy atom. The first-order chi connectivity index (χ1) is 14.9. The van der Waals surface area contributed by atoms with Crippen LogP contribution >= 0.6 is 0 Å². The quantitative estimate of drug-likeness (QED) is 0.432. The van der Waals surface area contributed by atoms with Gasteiger partial charge in [-0.3, -0.25) is 9.10 Å². The number of methoxy groups -OCH3 is 1. The van der Waals surface area contributed by atoms with Gasteiger partial charge in [-0.05, 0) is 61.0 Å². The summed E-state index contributed by atoms with van der Waals surface area (Å²) in [6.45, 7) is 1.33. The lowest BCUT2D eigenvalue weighted by Crippen LogP contribution is -2.39. The van der Waals surface area contributed by atoms with Crippen molar-refractivity contribution < 1.29 is 17.9 Å². The van der Waals surface area contributed by atoms with Gasteiger partial charge in [-0.1, -0.05) is 36.4 Å². The molecule has 1 N–H and O–H groups in total. The Balaban J connectivity index is 1.80. The van der Waals surface area contributed by atoms with E-state index < -0.39 is 22.5 Å². The molecule has 3 rings (SSSR count). The molecule has 3 aromatic rings. The van der Waals surface area contributed by atoms with Crippen molar-refractivity contribution in [1.82, 2.24) is 5.43 Å². The summed E-state index contributed by atoms with van der Waals surface area (Å²) in [5, 5.41) is 4.11. The van der Waals surface area contributed by atoms with Crippen LogP contribution in [0, 0.1) is 0 Å². The molecule has 7 nitrogen and oxygen atoms in total. The molecule has 0 bridgehead atoms. The summed E-state index contributed by atoms with van der Waals surface area (Å²) in [6, 6.07) is 23.7. The Kier molecular flexibility index (Phi) is 7.04. The number of sulfonamides is 1. The lowest BCUT2D eigenvalue weighted by molar-refractivity contribution is -0.119. The van der Waals surface area contributed by atoms with Crippen molar-refractivity contribution in [2.45, 2.75) is 11.8 Å². The fourth-order valence-corrected chi connectivity index (χ4v) is 4.28. The highest BCUT2D eigenvalue weighted by molar-refractivity contribution is 7.92. The van der Waals surface area contributed by atoms with Gasteiger partial charge >= 0.3 is 0 Å². The molecule has 0 saturated heterocycles. The van der Waals surface area contributed by atoms with Gasteiger partial charge in [0, 0.05) is 0 Å². The smallest absolute Gasteiger partial charge is 0.264 e. The average molecular weight is 438 g/mol. The van der Waals surface area contributed by atoms with Crippen molar-refractivity contribution >= 4 is 27.3 Å². The molecule has 0 atom stereocenters. The van der Waals surface area contributed by atoms with Gasteiger partial charge in [0.1, 0.15) is 12.3 Å². The van der Waals surface area contributed by atoms with Gasteiger partial charge in [-0.25, -0.2) is 13.8 Å². The van der Waals surface area contributed by atoms with Crippen LogP contribution in [-0.2, 0) is 14.8 Å². The van der Waals surface area contributed by atoms with Gasteiger partial charge in [0.2, 0.25) is 0 Å². The van der Waals surface area contributed by atoms with Crippen molar-refractivity contribution in [2.24, 2.45) is 5.10 Å². The van der Waals surface area contributed by atoms with E-state index in [0.29, 0.717) is 17.1 Å². The van der Waals surface area contributed by atoms with Crippen molar-refractivity contribution in [3.8, 4) is 5.75 Å². The van der Waals surface area contributed by atoms with E-state index in [-0.39, 0.29) is 4.90 Å². The van der Waals surface area contributed by atoms with Crippen LogP contribution in [0.3, 0.4) is 0 Å². The van der Waals surface area contributed by atoms with Crippen LogP contribution < -0.4 is 14.5 Å². The van der Waals surface area contributed by atoms with E-state index in [1.165, 1.54) is 12.1 Å². The fraction of sp³-hybridized carbons (Fsp3) is 0.130. The summed E-state index contributed by atoms with van der Waals surface area (Å²) in [5.74, 6) is 0.154. The number of hydrogen-bond donors (Lipinski definition) is 1. The van der Waals surface area contributed by atoms with E-state index in [2.05, 4.69) is 10.5 Å². The van der Waals surface area contributed by atoms with E-state index >= 15 is 0 Å². The minimum absolute atomic E-state index is 0.101. The maximum Gasteiger partial charge on any atom is 0.264 e. The maximum atomic E-state index is 13.2. The number of para-hydroxylation sites is 1. The number of amides is 1. The number of benzene rings is 3. The molecular formula is C23H23N3O4S. The molecule has 1 amide bonds. The van der Waals surface area contributed by atoms with Crippen LogP contribution in [0.15, 0.2) is 94.9 Å². The molecule has 0 unspecified atom stereocenters. The molecule has 0 saturated carbocycles.